The Morgan fingerprint density at radius 1 is 1.16 bits per heavy atom. The molecule has 2 nitrogen and oxygen atoms in total. The van der Waals surface area contributed by atoms with Crippen molar-refractivity contribution in [1.82, 2.24) is 0 Å². The molecule has 0 unspecified atom stereocenters. The summed E-state index contributed by atoms with van der Waals surface area (Å²) >= 11 is 6.17. The first-order chi connectivity index (χ1) is 11.8. The molecule has 0 aromatic heterocycles. The Balaban J connectivity index is 1.59. The molecule has 2 aromatic rings. The van der Waals surface area contributed by atoms with Crippen molar-refractivity contribution in [2.75, 3.05) is 0 Å². The van der Waals surface area contributed by atoms with Crippen LogP contribution in [0.1, 0.15) is 49.3 Å². The average molecular weight is 365 g/mol. The van der Waals surface area contributed by atoms with E-state index in [1.165, 1.54) is 12.1 Å². The Kier molecular flexibility index (Phi) is 3.91. The van der Waals surface area contributed by atoms with E-state index in [-0.39, 0.29) is 23.9 Å². The van der Waals surface area contributed by atoms with Crippen molar-refractivity contribution >= 4 is 11.6 Å². The van der Waals surface area contributed by atoms with Crippen molar-refractivity contribution in [3.05, 3.63) is 57.6 Å². The van der Waals surface area contributed by atoms with E-state index in [4.69, 9.17) is 21.1 Å². The smallest absolute Gasteiger partial charge is 0.191 e. The number of hydrogen-bond acceptors (Lipinski definition) is 2. The summed E-state index contributed by atoms with van der Waals surface area (Å²) in [5.41, 5.74) is 2.06. The maximum absolute atomic E-state index is 14.3. The minimum atomic E-state index is -0.665. The van der Waals surface area contributed by atoms with E-state index in [1.54, 1.807) is 6.07 Å². The van der Waals surface area contributed by atoms with Crippen LogP contribution >= 0.6 is 11.6 Å². The van der Waals surface area contributed by atoms with Crippen LogP contribution < -0.4 is 9.47 Å². The Bertz CT molecular complexity index is 821. The molecule has 4 rings (SSSR count). The lowest BCUT2D eigenvalue weighted by molar-refractivity contribution is 0.135. The van der Waals surface area contributed by atoms with Gasteiger partial charge in [0.15, 0.2) is 17.4 Å². The van der Waals surface area contributed by atoms with Gasteiger partial charge >= 0.3 is 0 Å². The predicted molar refractivity (Wildman–Crippen MR) is 92.5 cm³/mol. The second-order valence-corrected chi connectivity index (χ2v) is 7.90. The summed E-state index contributed by atoms with van der Waals surface area (Å²) < 4.78 is 39.9. The van der Waals surface area contributed by atoms with Gasteiger partial charge in [-0.05, 0) is 68.0 Å². The molecule has 1 saturated carbocycles. The summed E-state index contributed by atoms with van der Waals surface area (Å²) in [7, 11) is 0. The van der Waals surface area contributed by atoms with Crippen molar-refractivity contribution in [2.45, 2.75) is 51.2 Å². The van der Waals surface area contributed by atoms with Gasteiger partial charge in [0, 0.05) is 17.0 Å². The molecule has 0 radical (unpaired) electrons. The van der Waals surface area contributed by atoms with E-state index < -0.39 is 11.6 Å². The van der Waals surface area contributed by atoms with Crippen LogP contribution in [0, 0.1) is 11.6 Å². The summed E-state index contributed by atoms with van der Waals surface area (Å²) in [6, 6.07) is 6.33. The highest BCUT2D eigenvalue weighted by Crippen LogP contribution is 2.43. The van der Waals surface area contributed by atoms with Gasteiger partial charge < -0.3 is 9.47 Å². The average Bonchev–Trinajstić information content (AvgIpc) is 3.29. The van der Waals surface area contributed by atoms with E-state index in [0.29, 0.717) is 21.9 Å². The summed E-state index contributed by atoms with van der Waals surface area (Å²) in [6.45, 7) is 3.97. The van der Waals surface area contributed by atoms with Gasteiger partial charge in [-0.1, -0.05) is 11.6 Å². The van der Waals surface area contributed by atoms with Crippen molar-refractivity contribution in [1.29, 1.82) is 0 Å². The van der Waals surface area contributed by atoms with Crippen LogP contribution in [0.4, 0.5) is 8.78 Å². The standard InChI is InChI=1S/C20H19ClF2O2/c1-20(2)9-13-5-15(21)6-14(18(13)25-20)10-24-19-16(22)7-12(8-17(19)23)11-3-4-11/h5-8,11H,3-4,9-10H2,1-2H3. The van der Waals surface area contributed by atoms with E-state index in [2.05, 4.69) is 0 Å². The molecule has 0 saturated heterocycles. The summed E-state index contributed by atoms with van der Waals surface area (Å²) in [5, 5.41) is 0.559. The molecule has 1 aliphatic carbocycles. The van der Waals surface area contributed by atoms with Gasteiger partial charge in [0.05, 0.1) is 0 Å². The molecule has 0 atom stereocenters. The number of halogens is 3. The molecule has 0 spiro atoms. The lowest BCUT2D eigenvalue weighted by Gasteiger charge is -2.18. The molecule has 1 heterocycles. The van der Waals surface area contributed by atoms with E-state index in [0.717, 1.165) is 24.8 Å². The van der Waals surface area contributed by atoms with Crippen LogP contribution in [-0.4, -0.2) is 5.60 Å². The Morgan fingerprint density at radius 2 is 1.84 bits per heavy atom. The topological polar surface area (TPSA) is 18.5 Å². The van der Waals surface area contributed by atoms with Crippen molar-refractivity contribution in [3.8, 4) is 11.5 Å². The molecule has 0 amide bonds. The Morgan fingerprint density at radius 3 is 2.48 bits per heavy atom. The number of hydrogen-bond donors (Lipinski definition) is 0. The summed E-state index contributed by atoms with van der Waals surface area (Å²) in [5.74, 6) is -0.700. The Hall–Kier alpha value is -1.81. The third kappa shape index (κ3) is 3.32. The van der Waals surface area contributed by atoms with Crippen LogP contribution in [0.15, 0.2) is 24.3 Å². The lowest BCUT2D eigenvalue weighted by atomic mass is 10.0. The molecule has 1 aliphatic heterocycles. The molecule has 0 bridgehead atoms. The molecule has 5 heteroatoms. The van der Waals surface area contributed by atoms with Gasteiger partial charge in [-0.2, -0.15) is 0 Å². The van der Waals surface area contributed by atoms with Crippen LogP contribution in [0.3, 0.4) is 0 Å². The fourth-order valence-electron chi connectivity index (χ4n) is 3.37. The van der Waals surface area contributed by atoms with Gasteiger partial charge in [-0.25, -0.2) is 8.78 Å². The highest BCUT2D eigenvalue weighted by atomic mass is 35.5. The Labute approximate surface area is 150 Å². The minimum absolute atomic E-state index is 0.00438. The van der Waals surface area contributed by atoms with Gasteiger partial charge in [0.25, 0.3) is 0 Å². The number of fused-ring (bicyclic) bond motifs is 1. The van der Waals surface area contributed by atoms with E-state index >= 15 is 0 Å². The largest absolute Gasteiger partial charge is 0.487 e. The second-order valence-electron chi connectivity index (χ2n) is 7.47. The molecule has 1 fully saturated rings. The zero-order valence-corrected chi connectivity index (χ0v) is 14.9. The first-order valence-electron chi connectivity index (χ1n) is 8.44. The predicted octanol–water partition coefficient (Wildman–Crippen LogP) is 5.79. The highest BCUT2D eigenvalue weighted by Gasteiger charge is 2.32. The minimum Gasteiger partial charge on any atom is -0.487 e. The maximum Gasteiger partial charge on any atom is 0.191 e. The summed E-state index contributed by atoms with van der Waals surface area (Å²) in [4.78, 5) is 0. The quantitative estimate of drug-likeness (QED) is 0.683. The van der Waals surface area contributed by atoms with Gasteiger partial charge in [0.1, 0.15) is 18.0 Å². The SMILES string of the molecule is CC1(C)Cc2cc(Cl)cc(COc3c(F)cc(C4CC4)cc3F)c2O1. The third-order valence-electron chi connectivity index (χ3n) is 4.64. The molecule has 25 heavy (non-hydrogen) atoms. The van der Waals surface area contributed by atoms with Crippen LogP contribution in [0.25, 0.3) is 0 Å². The third-order valence-corrected chi connectivity index (χ3v) is 4.86. The molecular formula is C20H19ClF2O2. The molecule has 0 N–H and O–H groups in total. The molecule has 2 aliphatic rings. The van der Waals surface area contributed by atoms with Crippen molar-refractivity contribution in [3.63, 3.8) is 0 Å². The highest BCUT2D eigenvalue weighted by molar-refractivity contribution is 6.30. The molecular weight excluding hydrogens is 346 g/mol. The normalized spacial score (nSPS) is 18.0. The number of ether oxygens (including phenoxy) is 2. The number of rotatable bonds is 4. The van der Waals surface area contributed by atoms with E-state index in [9.17, 15) is 8.78 Å². The van der Waals surface area contributed by atoms with Crippen molar-refractivity contribution < 1.29 is 18.3 Å². The van der Waals surface area contributed by atoms with Crippen LogP contribution in [0.2, 0.25) is 5.02 Å². The molecule has 132 valence electrons. The van der Waals surface area contributed by atoms with E-state index in [1.807, 2.05) is 19.9 Å². The van der Waals surface area contributed by atoms with Gasteiger partial charge in [-0.3, -0.25) is 0 Å². The maximum atomic E-state index is 14.3. The fraction of sp³-hybridized carbons (Fsp3) is 0.400. The van der Waals surface area contributed by atoms with Gasteiger partial charge in [-0.15, -0.1) is 0 Å². The first kappa shape index (κ1) is 16.6. The van der Waals surface area contributed by atoms with Crippen LogP contribution in [0.5, 0.6) is 11.5 Å². The zero-order chi connectivity index (χ0) is 17.8. The first-order valence-corrected chi connectivity index (χ1v) is 8.82. The number of benzene rings is 2. The summed E-state index contributed by atoms with van der Waals surface area (Å²) in [6.07, 6.45) is 2.70. The monoisotopic (exact) mass is 364 g/mol. The zero-order valence-electron chi connectivity index (χ0n) is 14.2. The molecule has 2 aromatic carbocycles. The van der Waals surface area contributed by atoms with Gasteiger partial charge in [0.2, 0.25) is 0 Å². The van der Waals surface area contributed by atoms with Crippen molar-refractivity contribution in [2.24, 2.45) is 0 Å². The van der Waals surface area contributed by atoms with Crippen LogP contribution in [-0.2, 0) is 13.0 Å². The fourth-order valence-corrected chi connectivity index (χ4v) is 3.64. The lowest BCUT2D eigenvalue weighted by Crippen LogP contribution is -2.25. The second kappa shape index (κ2) is 5.87.